The van der Waals surface area contributed by atoms with Gasteiger partial charge in [-0.25, -0.2) is 4.98 Å². The summed E-state index contributed by atoms with van der Waals surface area (Å²) in [4.78, 5) is 8.77. The van der Waals surface area contributed by atoms with Gasteiger partial charge in [0.2, 0.25) is 0 Å². The van der Waals surface area contributed by atoms with Gasteiger partial charge in [-0.2, -0.15) is 0 Å². The SMILES string of the molecule is CC(C)(C)c1cnc(CN(C2CC2)C2CCNC2)s1.Cl. The van der Waals surface area contributed by atoms with Crippen LogP contribution in [-0.2, 0) is 12.0 Å². The average Bonchev–Trinajstić information content (AvgIpc) is 2.87. The summed E-state index contributed by atoms with van der Waals surface area (Å²) in [6.45, 7) is 10.2. The Kier molecular flexibility index (Phi) is 5.11. The number of hydrogen-bond donors (Lipinski definition) is 1. The number of halogens is 1. The summed E-state index contributed by atoms with van der Waals surface area (Å²) >= 11 is 1.90. The predicted octanol–water partition coefficient (Wildman–Crippen LogP) is 3.19. The molecule has 3 rings (SSSR count). The molecule has 1 unspecified atom stereocenters. The number of aromatic nitrogens is 1. The number of thiazole rings is 1. The lowest BCUT2D eigenvalue weighted by molar-refractivity contribution is 0.188. The molecule has 1 saturated carbocycles. The monoisotopic (exact) mass is 315 g/mol. The first kappa shape index (κ1) is 16.2. The number of rotatable bonds is 4. The van der Waals surface area contributed by atoms with Crippen LogP contribution in [0.15, 0.2) is 6.20 Å². The fourth-order valence-electron chi connectivity index (χ4n) is 2.77. The number of nitrogens with zero attached hydrogens (tertiary/aromatic N) is 2. The first-order valence-corrected chi connectivity index (χ1v) is 8.27. The Hall–Kier alpha value is -0.160. The molecule has 1 aliphatic carbocycles. The molecule has 114 valence electrons. The Balaban J connectivity index is 0.00000147. The largest absolute Gasteiger partial charge is 0.315 e. The van der Waals surface area contributed by atoms with E-state index in [-0.39, 0.29) is 17.8 Å². The molecule has 1 saturated heterocycles. The van der Waals surface area contributed by atoms with Crippen LogP contribution in [0.5, 0.6) is 0 Å². The Morgan fingerprint density at radius 3 is 2.55 bits per heavy atom. The van der Waals surface area contributed by atoms with E-state index in [1.165, 1.54) is 35.7 Å². The summed E-state index contributed by atoms with van der Waals surface area (Å²) in [7, 11) is 0. The van der Waals surface area contributed by atoms with Crippen LogP contribution >= 0.6 is 23.7 Å². The molecule has 2 fully saturated rings. The Morgan fingerprint density at radius 1 is 1.30 bits per heavy atom. The molecule has 20 heavy (non-hydrogen) atoms. The molecule has 1 aliphatic heterocycles. The highest BCUT2D eigenvalue weighted by Gasteiger charge is 2.35. The van der Waals surface area contributed by atoms with Crippen molar-refractivity contribution in [3.8, 4) is 0 Å². The van der Waals surface area contributed by atoms with Crippen molar-refractivity contribution >= 4 is 23.7 Å². The third kappa shape index (κ3) is 3.73. The molecule has 0 aromatic carbocycles. The van der Waals surface area contributed by atoms with Crippen LogP contribution in [-0.4, -0.2) is 35.1 Å². The fourth-order valence-corrected chi connectivity index (χ4v) is 3.76. The van der Waals surface area contributed by atoms with Gasteiger partial charge in [-0.3, -0.25) is 4.90 Å². The zero-order valence-corrected chi connectivity index (χ0v) is 14.3. The van der Waals surface area contributed by atoms with Crippen molar-refractivity contribution in [1.29, 1.82) is 0 Å². The summed E-state index contributed by atoms with van der Waals surface area (Å²) < 4.78 is 0. The maximum absolute atomic E-state index is 4.66. The first-order chi connectivity index (χ1) is 9.04. The highest BCUT2D eigenvalue weighted by atomic mass is 35.5. The van der Waals surface area contributed by atoms with Gasteiger partial charge in [-0.05, 0) is 31.2 Å². The summed E-state index contributed by atoms with van der Waals surface area (Å²) in [5.74, 6) is 0. The molecular formula is C15H26ClN3S. The smallest absolute Gasteiger partial charge is 0.107 e. The van der Waals surface area contributed by atoms with Crippen LogP contribution in [0, 0.1) is 0 Å². The molecule has 1 aromatic rings. The lowest BCUT2D eigenvalue weighted by Crippen LogP contribution is -2.38. The van der Waals surface area contributed by atoms with E-state index in [1.807, 2.05) is 11.3 Å². The molecule has 1 atom stereocenters. The summed E-state index contributed by atoms with van der Waals surface area (Å²) in [6, 6.07) is 1.56. The molecule has 0 amide bonds. The van der Waals surface area contributed by atoms with E-state index in [0.717, 1.165) is 25.2 Å². The fraction of sp³-hybridized carbons (Fsp3) is 0.800. The molecule has 3 nitrogen and oxygen atoms in total. The van der Waals surface area contributed by atoms with E-state index < -0.39 is 0 Å². The molecule has 2 aliphatic rings. The second-order valence-electron chi connectivity index (χ2n) is 6.92. The van der Waals surface area contributed by atoms with Crippen LogP contribution in [0.1, 0.15) is 49.9 Å². The molecule has 1 N–H and O–H groups in total. The summed E-state index contributed by atoms with van der Waals surface area (Å²) in [5, 5.41) is 4.79. The van der Waals surface area contributed by atoms with Crippen molar-refractivity contribution < 1.29 is 0 Å². The highest BCUT2D eigenvalue weighted by Crippen LogP contribution is 2.34. The lowest BCUT2D eigenvalue weighted by Gasteiger charge is -2.27. The van der Waals surface area contributed by atoms with Crippen LogP contribution in [0.2, 0.25) is 0 Å². The van der Waals surface area contributed by atoms with Gasteiger partial charge < -0.3 is 5.32 Å². The minimum Gasteiger partial charge on any atom is -0.315 e. The molecule has 0 spiro atoms. The second kappa shape index (κ2) is 6.30. The minimum atomic E-state index is 0. The maximum Gasteiger partial charge on any atom is 0.107 e. The molecular weight excluding hydrogens is 290 g/mol. The topological polar surface area (TPSA) is 28.2 Å². The third-order valence-corrected chi connectivity index (χ3v) is 5.54. The number of hydrogen-bond acceptors (Lipinski definition) is 4. The Morgan fingerprint density at radius 2 is 2.05 bits per heavy atom. The highest BCUT2D eigenvalue weighted by molar-refractivity contribution is 7.11. The predicted molar refractivity (Wildman–Crippen MR) is 87.9 cm³/mol. The molecule has 1 aromatic heterocycles. The van der Waals surface area contributed by atoms with Crippen molar-refractivity contribution in [3.05, 3.63) is 16.1 Å². The molecule has 2 heterocycles. The van der Waals surface area contributed by atoms with E-state index in [9.17, 15) is 0 Å². The maximum atomic E-state index is 4.66. The van der Waals surface area contributed by atoms with E-state index in [0.29, 0.717) is 0 Å². The Bertz CT molecular complexity index is 431. The quantitative estimate of drug-likeness (QED) is 0.925. The normalized spacial score (nSPS) is 23.1. The van der Waals surface area contributed by atoms with Crippen molar-refractivity contribution in [2.45, 2.75) is 64.1 Å². The van der Waals surface area contributed by atoms with Crippen LogP contribution < -0.4 is 5.32 Å². The molecule has 0 radical (unpaired) electrons. The Labute approximate surface area is 132 Å². The zero-order chi connectivity index (χ0) is 13.5. The van der Waals surface area contributed by atoms with Gasteiger partial charge in [-0.1, -0.05) is 20.8 Å². The van der Waals surface area contributed by atoms with Crippen molar-refractivity contribution in [2.24, 2.45) is 0 Å². The third-order valence-electron chi connectivity index (χ3n) is 4.13. The average molecular weight is 316 g/mol. The molecule has 5 heteroatoms. The van der Waals surface area contributed by atoms with Gasteiger partial charge in [-0.15, -0.1) is 23.7 Å². The van der Waals surface area contributed by atoms with Crippen LogP contribution in [0.4, 0.5) is 0 Å². The van der Waals surface area contributed by atoms with Gasteiger partial charge in [0.25, 0.3) is 0 Å². The second-order valence-corrected chi connectivity index (χ2v) is 8.03. The standard InChI is InChI=1S/C15H25N3S.ClH/c1-15(2,3)13-9-17-14(19-13)10-18(11-4-5-11)12-6-7-16-8-12;/h9,11-12,16H,4-8,10H2,1-3H3;1H. The minimum absolute atomic E-state index is 0. The number of nitrogens with one attached hydrogen (secondary N) is 1. The van der Waals surface area contributed by atoms with Crippen LogP contribution in [0.25, 0.3) is 0 Å². The van der Waals surface area contributed by atoms with Crippen LogP contribution in [0.3, 0.4) is 0 Å². The van der Waals surface area contributed by atoms with E-state index >= 15 is 0 Å². The summed E-state index contributed by atoms with van der Waals surface area (Å²) in [5.41, 5.74) is 0.231. The van der Waals surface area contributed by atoms with Gasteiger partial charge in [0.05, 0.1) is 6.54 Å². The van der Waals surface area contributed by atoms with E-state index in [4.69, 9.17) is 0 Å². The van der Waals surface area contributed by atoms with Gasteiger partial charge in [0, 0.05) is 29.7 Å². The zero-order valence-electron chi connectivity index (χ0n) is 12.7. The van der Waals surface area contributed by atoms with Gasteiger partial charge in [0.1, 0.15) is 5.01 Å². The first-order valence-electron chi connectivity index (χ1n) is 7.46. The van der Waals surface area contributed by atoms with E-state index in [1.54, 1.807) is 0 Å². The lowest BCUT2D eigenvalue weighted by atomic mass is 9.96. The van der Waals surface area contributed by atoms with Crippen molar-refractivity contribution in [3.63, 3.8) is 0 Å². The van der Waals surface area contributed by atoms with Crippen molar-refractivity contribution in [2.75, 3.05) is 13.1 Å². The van der Waals surface area contributed by atoms with Gasteiger partial charge >= 0.3 is 0 Å². The van der Waals surface area contributed by atoms with E-state index in [2.05, 4.69) is 42.2 Å². The molecule has 0 bridgehead atoms. The summed E-state index contributed by atoms with van der Waals surface area (Å²) in [6.07, 6.45) is 6.15. The van der Waals surface area contributed by atoms with Gasteiger partial charge in [0.15, 0.2) is 0 Å². The van der Waals surface area contributed by atoms with Crippen molar-refractivity contribution in [1.82, 2.24) is 15.2 Å².